The van der Waals surface area contributed by atoms with E-state index in [1.165, 1.54) is 6.33 Å². The molecule has 2 aromatic carbocycles. The van der Waals surface area contributed by atoms with Crippen LogP contribution in [0.1, 0.15) is 30.2 Å². The van der Waals surface area contributed by atoms with E-state index >= 15 is 0 Å². The average molecular weight is 372 g/mol. The normalized spacial score (nSPS) is 11.1. The molecule has 7 nitrogen and oxygen atoms in total. The number of anilines is 2. The van der Waals surface area contributed by atoms with Crippen molar-refractivity contribution in [3.8, 4) is 11.4 Å². The second-order valence-corrected chi connectivity index (χ2v) is 6.73. The molecule has 4 rings (SSSR count). The summed E-state index contributed by atoms with van der Waals surface area (Å²) in [5.74, 6) is 0.951. The molecule has 140 valence electrons. The number of aromatic nitrogens is 4. The number of hydrogen-bond acceptors (Lipinski definition) is 5. The van der Waals surface area contributed by atoms with Crippen molar-refractivity contribution in [2.75, 3.05) is 5.32 Å². The van der Waals surface area contributed by atoms with Crippen LogP contribution in [0.15, 0.2) is 60.9 Å². The monoisotopic (exact) mass is 372 g/mol. The molecule has 4 aromatic rings. The lowest BCUT2D eigenvalue weighted by atomic mass is 10.1. The minimum absolute atomic E-state index is 0.135. The largest absolute Gasteiger partial charge is 0.366 e. The van der Waals surface area contributed by atoms with Crippen molar-refractivity contribution in [1.82, 2.24) is 19.5 Å². The third-order valence-electron chi connectivity index (χ3n) is 4.46. The molecule has 0 spiro atoms. The van der Waals surface area contributed by atoms with Crippen LogP contribution in [-0.2, 0) is 0 Å². The van der Waals surface area contributed by atoms with Crippen molar-refractivity contribution in [3.63, 3.8) is 0 Å². The van der Waals surface area contributed by atoms with Gasteiger partial charge in [-0.25, -0.2) is 15.0 Å². The highest BCUT2D eigenvalue weighted by Gasteiger charge is 2.19. The number of hydrogen-bond donors (Lipinski definition) is 2. The fourth-order valence-corrected chi connectivity index (χ4v) is 3.13. The number of amides is 1. The molecule has 0 saturated carbocycles. The molecule has 28 heavy (non-hydrogen) atoms. The van der Waals surface area contributed by atoms with E-state index in [1.54, 1.807) is 12.1 Å². The summed E-state index contributed by atoms with van der Waals surface area (Å²) in [7, 11) is 0. The summed E-state index contributed by atoms with van der Waals surface area (Å²) in [4.78, 5) is 25.1. The maximum atomic E-state index is 11.4. The van der Waals surface area contributed by atoms with Crippen molar-refractivity contribution in [3.05, 3.63) is 66.5 Å². The number of carbonyl (C=O) groups excluding carboxylic acids is 1. The molecule has 0 fully saturated rings. The van der Waals surface area contributed by atoms with Gasteiger partial charge in [-0.1, -0.05) is 30.3 Å². The predicted octanol–water partition coefficient (Wildman–Crippen LogP) is 3.92. The molecule has 0 atom stereocenters. The number of nitrogens with two attached hydrogens (primary N) is 1. The first-order chi connectivity index (χ1) is 13.5. The Morgan fingerprint density at radius 1 is 1.04 bits per heavy atom. The molecule has 0 radical (unpaired) electrons. The third-order valence-corrected chi connectivity index (χ3v) is 4.46. The zero-order chi connectivity index (χ0) is 19.7. The van der Waals surface area contributed by atoms with Gasteiger partial charge in [-0.15, -0.1) is 0 Å². The molecule has 0 aliphatic heterocycles. The standard InChI is InChI=1S/C21H20N6O/c1-13(2)27-20(15-10-8-14(9-11-15)18(22)28)26-17-19(23-12-24-21(17)27)25-16-6-4-3-5-7-16/h3-13H,1-2H3,(H2,22,28)(H,23,24,25). The number of benzene rings is 2. The zero-order valence-electron chi connectivity index (χ0n) is 15.6. The molecular formula is C21H20N6O. The molecule has 2 aromatic heterocycles. The Morgan fingerprint density at radius 2 is 1.75 bits per heavy atom. The van der Waals surface area contributed by atoms with Crippen molar-refractivity contribution >= 4 is 28.6 Å². The minimum Gasteiger partial charge on any atom is -0.366 e. The molecule has 0 aliphatic carbocycles. The van der Waals surface area contributed by atoms with Crippen LogP contribution >= 0.6 is 0 Å². The van der Waals surface area contributed by atoms with Crippen LogP contribution in [0.5, 0.6) is 0 Å². The summed E-state index contributed by atoms with van der Waals surface area (Å²) in [6, 6.07) is 17.0. The number of rotatable bonds is 5. The number of primary amides is 1. The summed E-state index contributed by atoms with van der Waals surface area (Å²) >= 11 is 0. The lowest BCUT2D eigenvalue weighted by molar-refractivity contribution is 0.100. The lowest BCUT2D eigenvalue weighted by Gasteiger charge is -2.12. The van der Waals surface area contributed by atoms with Crippen molar-refractivity contribution in [2.24, 2.45) is 5.73 Å². The van der Waals surface area contributed by atoms with Crippen LogP contribution in [-0.4, -0.2) is 25.4 Å². The first kappa shape index (κ1) is 17.7. The maximum Gasteiger partial charge on any atom is 0.248 e. The van der Waals surface area contributed by atoms with Crippen molar-refractivity contribution in [2.45, 2.75) is 19.9 Å². The number of imidazole rings is 1. The van der Waals surface area contributed by atoms with Gasteiger partial charge in [-0.3, -0.25) is 4.79 Å². The summed E-state index contributed by atoms with van der Waals surface area (Å²) in [6.07, 6.45) is 1.54. The van der Waals surface area contributed by atoms with Crippen LogP contribution in [0.25, 0.3) is 22.6 Å². The van der Waals surface area contributed by atoms with E-state index in [1.807, 2.05) is 42.5 Å². The average Bonchev–Trinajstić information content (AvgIpc) is 3.10. The highest BCUT2D eigenvalue weighted by molar-refractivity contribution is 5.93. The van der Waals surface area contributed by atoms with E-state index in [0.717, 1.165) is 22.7 Å². The molecule has 2 heterocycles. The topological polar surface area (TPSA) is 98.7 Å². The Morgan fingerprint density at radius 3 is 2.39 bits per heavy atom. The van der Waals surface area contributed by atoms with Gasteiger partial charge in [-0.05, 0) is 38.1 Å². The molecular weight excluding hydrogens is 352 g/mol. The second kappa shape index (κ2) is 7.11. The SMILES string of the molecule is CC(C)n1c(-c2ccc(C(N)=O)cc2)nc2c(Nc3ccccc3)ncnc21. The number of nitrogens with zero attached hydrogens (tertiary/aromatic N) is 4. The highest BCUT2D eigenvalue weighted by Crippen LogP contribution is 2.31. The van der Waals surface area contributed by atoms with Gasteiger partial charge in [0.2, 0.25) is 5.91 Å². The van der Waals surface area contributed by atoms with Crippen LogP contribution in [0.3, 0.4) is 0 Å². The maximum absolute atomic E-state index is 11.4. The zero-order valence-corrected chi connectivity index (χ0v) is 15.6. The summed E-state index contributed by atoms with van der Waals surface area (Å²) < 4.78 is 2.06. The van der Waals surface area contributed by atoms with Gasteiger partial charge in [0.05, 0.1) is 0 Å². The molecule has 0 bridgehead atoms. The summed E-state index contributed by atoms with van der Waals surface area (Å²) in [5, 5.41) is 3.31. The summed E-state index contributed by atoms with van der Waals surface area (Å²) in [5.41, 5.74) is 9.05. The van der Waals surface area contributed by atoms with Gasteiger partial charge in [-0.2, -0.15) is 0 Å². The van der Waals surface area contributed by atoms with Crippen LogP contribution in [0.4, 0.5) is 11.5 Å². The first-order valence-electron chi connectivity index (χ1n) is 9.00. The Kier molecular flexibility index (Phi) is 4.49. The van der Waals surface area contributed by atoms with Crippen LogP contribution < -0.4 is 11.1 Å². The quantitative estimate of drug-likeness (QED) is 0.553. The van der Waals surface area contributed by atoms with E-state index in [-0.39, 0.29) is 6.04 Å². The number of fused-ring (bicyclic) bond motifs is 1. The van der Waals surface area contributed by atoms with E-state index in [0.29, 0.717) is 16.9 Å². The van der Waals surface area contributed by atoms with Gasteiger partial charge >= 0.3 is 0 Å². The minimum atomic E-state index is -0.455. The fraction of sp³-hybridized carbons (Fsp3) is 0.143. The van der Waals surface area contributed by atoms with Crippen molar-refractivity contribution in [1.29, 1.82) is 0 Å². The number of para-hydroxylation sites is 1. The first-order valence-corrected chi connectivity index (χ1v) is 9.00. The van der Waals surface area contributed by atoms with E-state index < -0.39 is 5.91 Å². The number of nitrogens with one attached hydrogen (secondary N) is 1. The molecule has 0 unspecified atom stereocenters. The van der Waals surface area contributed by atoms with E-state index in [2.05, 4.69) is 33.7 Å². The van der Waals surface area contributed by atoms with Gasteiger partial charge < -0.3 is 15.6 Å². The van der Waals surface area contributed by atoms with Crippen LogP contribution in [0.2, 0.25) is 0 Å². The third kappa shape index (κ3) is 3.18. The van der Waals surface area contributed by atoms with E-state index in [4.69, 9.17) is 10.7 Å². The predicted molar refractivity (Wildman–Crippen MR) is 109 cm³/mol. The van der Waals surface area contributed by atoms with Gasteiger partial charge in [0, 0.05) is 22.9 Å². The molecule has 7 heteroatoms. The Hall–Kier alpha value is -3.74. The Bertz CT molecular complexity index is 1130. The van der Waals surface area contributed by atoms with Gasteiger partial charge in [0.25, 0.3) is 0 Å². The second-order valence-electron chi connectivity index (χ2n) is 6.73. The summed E-state index contributed by atoms with van der Waals surface area (Å²) in [6.45, 7) is 4.16. The lowest BCUT2D eigenvalue weighted by Crippen LogP contribution is -2.10. The van der Waals surface area contributed by atoms with Crippen molar-refractivity contribution < 1.29 is 4.79 Å². The Balaban J connectivity index is 1.86. The molecule has 0 saturated heterocycles. The molecule has 0 aliphatic rings. The fourth-order valence-electron chi connectivity index (χ4n) is 3.13. The highest BCUT2D eigenvalue weighted by atomic mass is 16.1. The number of carbonyl (C=O) groups is 1. The molecule has 1 amide bonds. The molecule has 3 N–H and O–H groups in total. The Labute approximate surface area is 162 Å². The van der Waals surface area contributed by atoms with E-state index in [9.17, 15) is 4.79 Å². The van der Waals surface area contributed by atoms with Crippen LogP contribution in [0, 0.1) is 0 Å². The van der Waals surface area contributed by atoms with Gasteiger partial charge in [0.1, 0.15) is 12.2 Å². The van der Waals surface area contributed by atoms with Gasteiger partial charge in [0.15, 0.2) is 17.0 Å². The smallest absolute Gasteiger partial charge is 0.248 e.